The zero-order valence-corrected chi connectivity index (χ0v) is 19.4. The first-order valence-electron chi connectivity index (χ1n) is 10.0. The molecule has 0 aliphatic heterocycles. The summed E-state index contributed by atoms with van der Waals surface area (Å²) in [6, 6.07) is 20.4. The lowest BCUT2D eigenvalue weighted by Crippen LogP contribution is -2.16. The van der Waals surface area contributed by atoms with Crippen molar-refractivity contribution in [2.24, 2.45) is 0 Å². The average Bonchev–Trinajstić information content (AvgIpc) is 3.27. The SMILES string of the molecule is COC(=O)c1cccc(NC(=O)c2nn(-c3c(Cl)cccc3Cl)nc2COc2ccccc2)c1. The van der Waals surface area contributed by atoms with Gasteiger partial charge in [-0.2, -0.15) is 0 Å². The molecular weight excluding hydrogens is 479 g/mol. The molecule has 10 heteroatoms. The largest absolute Gasteiger partial charge is 0.487 e. The van der Waals surface area contributed by atoms with Crippen LogP contribution in [0, 0.1) is 0 Å². The number of nitrogens with zero attached hydrogens (tertiary/aromatic N) is 3. The van der Waals surface area contributed by atoms with Crippen LogP contribution in [-0.4, -0.2) is 34.0 Å². The summed E-state index contributed by atoms with van der Waals surface area (Å²) < 4.78 is 10.5. The second-order valence-electron chi connectivity index (χ2n) is 6.98. The predicted octanol–water partition coefficient (Wildman–Crippen LogP) is 5.19. The van der Waals surface area contributed by atoms with Crippen LogP contribution in [0.2, 0.25) is 10.0 Å². The molecule has 4 aromatic rings. The molecule has 1 heterocycles. The number of carbonyl (C=O) groups excluding carboxylic acids is 2. The second-order valence-corrected chi connectivity index (χ2v) is 7.80. The standard InChI is InChI=1S/C24H18Cl2N4O4/c1-33-24(32)15-7-5-8-16(13-15)27-23(31)21-20(14-34-17-9-3-2-4-10-17)28-30(29-21)22-18(25)11-6-12-19(22)26/h2-13H,14H2,1H3,(H,27,31). The Morgan fingerprint density at radius 3 is 2.35 bits per heavy atom. The van der Waals surface area contributed by atoms with Crippen LogP contribution in [0.5, 0.6) is 5.75 Å². The Labute approximate surface area is 205 Å². The maximum Gasteiger partial charge on any atom is 0.337 e. The normalized spacial score (nSPS) is 10.6. The van der Waals surface area contributed by atoms with Crippen molar-refractivity contribution in [1.29, 1.82) is 0 Å². The molecule has 0 saturated heterocycles. The quantitative estimate of drug-likeness (QED) is 0.353. The Morgan fingerprint density at radius 2 is 1.65 bits per heavy atom. The lowest BCUT2D eigenvalue weighted by Gasteiger charge is -2.07. The molecule has 0 unspecified atom stereocenters. The van der Waals surface area contributed by atoms with Gasteiger partial charge < -0.3 is 14.8 Å². The lowest BCUT2D eigenvalue weighted by atomic mass is 10.2. The van der Waals surface area contributed by atoms with E-state index in [1.54, 1.807) is 48.5 Å². The second kappa shape index (κ2) is 10.4. The smallest absolute Gasteiger partial charge is 0.337 e. The maximum atomic E-state index is 13.1. The number of halogens is 2. The molecule has 1 aromatic heterocycles. The van der Waals surface area contributed by atoms with Gasteiger partial charge in [0.1, 0.15) is 23.7 Å². The van der Waals surface area contributed by atoms with Gasteiger partial charge in [0.15, 0.2) is 5.69 Å². The van der Waals surface area contributed by atoms with Gasteiger partial charge >= 0.3 is 5.97 Å². The molecule has 1 N–H and O–H groups in total. The third kappa shape index (κ3) is 5.19. The molecular formula is C24H18Cl2N4O4. The topological polar surface area (TPSA) is 95.3 Å². The van der Waals surface area contributed by atoms with Gasteiger partial charge in [0.05, 0.1) is 22.7 Å². The van der Waals surface area contributed by atoms with Gasteiger partial charge in [-0.05, 0) is 42.5 Å². The number of hydrogen-bond acceptors (Lipinski definition) is 6. The fourth-order valence-corrected chi connectivity index (χ4v) is 3.64. The molecule has 0 aliphatic carbocycles. The fourth-order valence-electron chi connectivity index (χ4n) is 3.09. The van der Waals surface area contributed by atoms with Gasteiger partial charge in [-0.3, -0.25) is 4.79 Å². The molecule has 0 radical (unpaired) electrons. The van der Waals surface area contributed by atoms with E-state index in [2.05, 4.69) is 15.5 Å². The average molecular weight is 497 g/mol. The van der Waals surface area contributed by atoms with Crippen LogP contribution in [0.3, 0.4) is 0 Å². The number of ether oxygens (including phenoxy) is 2. The zero-order valence-electron chi connectivity index (χ0n) is 17.9. The van der Waals surface area contributed by atoms with Gasteiger partial charge in [0.2, 0.25) is 0 Å². The van der Waals surface area contributed by atoms with Crippen LogP contribution >= 0.6 is 23.2 Å². The minimum atomic E-state index is -0.553. The summed E-state index contributed by atoms with van der Waals surface area (Å²) in [4.78, 5) is 26.2. The summed E-state index contributed by atoms with van der Waals surface area (Å²) in [6.45, 7) is -0.0307. The number of anilines is 1. The number of esters is 1. The van der Waals surface area contributed by atoms with Crippen molar-refractivity contribution >= 4 is 40.8 Å². The van der Waals surface area contributed by atoms with E-state index in [-0.39, 0.29) is 18.0 Å². The molecule has 0 saturated carbocycles. The Hall–Kier alpha value is -3.88. The van der Waals surface area contributed by atoms with Crippen molar-refractivity contribution in [2.45, 2.75) is 6.61 Å². The Balaban J connectivity index is 1.67. The number of methoxy groups -OCH3 is 1. The van der Waals surface area contributed by atoms with Crippen molar-refractivity contribution in [3.8, 4) is 11.4 Å². The number of nitrogens with one attached hydrogen (secondary N) is 1. The third-order valence-corrected chi connectivity index (χ3v) is 5.31. The molecule has 0 fully saturated rings. The summed E-state index contributed by atoms with van der Waals surface area (Å²) in [6.07, 6.45) is 0. The van der Waals surface area contributed by atoms with Crippen molar-refractivity contribution in [3.63, 3.8) is 0 Å². The molecule has 0 bridgehead atoms. The number of para-hydroxylation sites is 2. The lowest BCUT2D eigenvalue weighted by molar-refractivity contribution is 0.0600. The predicted molar refractivity (Wildman–Crippen MR) is 128 cm³/mol. The molecule has 1 amide bonds. The number of amides is 1. The summed E-state index contributed by atoms with van der Waals surface area (Å²) in [7, 11) is 1.28. The first-order valence-corrected chi connectivity index (χ1v) is 10.8. The van der Waals surface area contributed by atoms with Crippen LogP contribution in [0.25, 0.3) is 5.69 Å². The van der Waals surface area contributed by atoms with Gasteiger partial charge in [-0.15, -0.1) is 15.0 Å². The number of rotatable bonds is 7. The fraction of sp³-hybridized carbons (Fsp3) is 0.0833. The van der Waals surface area contributed by atoms with Crippen LogP contribution in [0.15, 0.2) is 72.8 Å². The molecule has 0 aliphatic rings. The highest BCUT2D eigenvalue weighted by Crippen LogP contribution is 2.28. The summed E-state index contributed by atoms with van der Waals surface area (Å²) in [5.41, 5.74) is 1.28. The first-order chi connectivity index (χ1) is 16.5. The van der Waals surface area contributed by atoms with E-state index in [4.69, 9.17) is 32.7 Å². The number of benzene rings is 3. The molecule has 3 aromatic carbocycles. The van der Waals surface area contributed by atoms with E-state index in [9.17, 15) is 9.59 Å². The van der Waals surface area contributed by atoms with Crippen molar-refractivity contribution in [1.82, 2.24) is 15.0 Å². The van der Waals surface area contributed by atoms with Gasteiger partial charge in [0.25, 0.3) is 5.91 Å². The monoisotopic (exact) mass is 496 g/mol. The number of carbonyl (C=O) groups is 2. The summed E-state index contributed by atoms with van der Waals surface area (Å²) in [5.74, 6) is -0.472. The maximum absolute atomic E-state index is 13.1. The third-order valence-electron chi connectivity index (χ3n) is 4.70. The van der Waals surface area contributed by atoms with Gasteiger partial charge in [-0.25, -0.2) is 4.79 Å². The highest BCUT2D eigenvalue weighted by Gasteiger charge is 2.22. The van der Waals surface area contributed by atoms with E-state index in [0.717, 1.165) is 0 Å². The highest BCUT2D eigenvalue weighted by molar-refractivity contribution is 6.37. The van der Waals surface area contributed by atoms with Crippen LogP contribution < -0.4 is 10.1 Å². The van der Waals surface area contributed by atoms with Crippen LogP contribution in [-0.2, 0) is 11.3 Å². The molecule has 0 atom stereocenters. The highest BCUT2D eigenvalue weighted by atomic mass is 35.5. The minimum absolute atomic E-state index is 0.00962. The minimum Gasteiger partial charge on any atom is -0.487 e. The Morgan fingerprint density at radius 1 is 0.941 bits per heavy atom. The van der Waals surface area contributed by atoms with Crippen LogP contribution in [0.4, 0.5) is 5.69 Å². The van der Waals surface area contributed by atoms with Crippen molar-refractivity contribution in [2.75, 3.05) is 12.4 Å². The van der Waals surface area contributed by atoms with Gasteiger partial charge in [-0.1, -0.05) is 53.5 Å². The van der Waals surface area contributed by atoms with E-state index in [1.165, 1.54) is 18.0 Å². The Kier molecular flexibility index (Phi) is 7.10. The van der Waals surface area contributed by atoms with E-state index in [1.807, 2.05) is 18.2 Å². The number of hydrogen-bond donors (Lipinski definition) is 1. The molecule has 0 spiro atoms. The molecule has 34 heavy (non-hydrogen) atoms. The van der Waals surface area contributed by atoms with Crippen molar-refractivity contribution < 1.29 is 19.1 Å². The summed E-state index contributed by atoms with van der Waals surface area (Å²) in [5, 5.41) is 12.1. The van der Waals surface area contributed by atoms with E-state index >= 15 is 0 Å². The molecule has 172 valence electrons. The van der Waals surface area contributed by atoms with E-state index in [0.29, 0.717) is 32.7 Å². The molecule has 4 rings (SSSR count). The van der Waals surface area contributed by atoms with Crippen LogP contribution in [0.1, 0.15) is 26.5 Å². The summed E-state index contributed by atoms with van der Waals surface area (Å²) >= 11 is 12.6. The Bertz CT molecular complexity index is 1320. The molecule has 8 nitrogen and oxygen atoms in total. The zero-order chi connectivity index (χ0) is 24.1. The number of aromatic nitrogens is 3. The van der Waals surface area contributed by atoms with E-state index < -0.39 is 11.9 Å². The van der Waals surface area contributed by atoms with Crippen molar-refractivity contribution in [3.05, 3.63) is 99.8 Å². The first kappa shape index (κ1) is 23.3. The van der Waals surface area contributed by atoms with Gasteiger partial charge in [0, 0.05) is 5.69 Å².